The van der Waals surface area contributed by atoms with Crippen molar-refractivity contribution in [3.63, 3.8) is 0 Å². The van der Waals surface area contributed by atoms with Crippen LogP contribution >= 0.6 is 11.6 Å². The van der Waals surface area contributed by atoms with Crippen molar-refractivity contribution in [1.29, 1.82) is 0 Å². The molecule has 1 atom stereocenters. The number of cyclic esters (lactones) is 2. The lowest BCUT2D eigenvalue weighted by atomic mass is 10.1. The number of hydrogen-bond acceptors (Lipinski definition) is 5. The number of nitrogens with one attached hydrogen (secondary N) is 1. The van der Waals surface area contributed by atoms with Gasteiger partial charge in [-0.05, 0) is 24.1 Å². The molecular weight excluding hydrogens is 286 g/mol. The van der Waals surface area contributed by atoms with Crippen molar-refractivity contribution in [2.45, 2.75) is 25.5 Å². The fourth-order valence-electron chi connectivity index (χ4n) is 1.71. The molecule has 0 saturated carbocycles. The van der Waals surface area contributed by atoms with E-state index >= 15 is 0 Å². The molecule has 6 nitrogen and oxygen atoms in total. The van der Waals surface area contributed by atoms with E-state index in [0.29, 0.717) is 5.02 Å². The van der Waals surface area contributed by atoms with Crippen molar-refractivity contribution in [3.05, 3.63) is 34.9 Å². The van der Waals surface area contributed by atoms with Gasteiger partial charge in [0.05, 0.1) is 0 Å². The van der Waals surface area contributed by atoms with Crippen LogP contribution in [0, 0.1) is 0 Å². The number of rotatable bonds is 3. The maximum absolute atomic E-state index is 11.5. The fourth-order valence-corrected chi connectivity index (χ4v) is 1.92. The molecule has 0 unspecified atom stereocenters. The highest BCUT2D eigenvalue weighted by Crippen LogP contribution is 2.12. The molecule has 1 saturated heterocycles. The SMILES string of the molecule is O=C1CC[C@H](NC(=O)OCc2cccc(Cl)c2)C(=O)O1. The van der Waals surface area contributed by atoms with Gasteiger partial charge in [0.2, 0.25) is 0 Å². The van der Waals surface area contributed by atoms with E-state index in [9.17, 15) is 14.4 Å². The summed E-state index contributed by atoms with van der Waals surface area (Å²) in [6, 6.07) is 6.03. The third kappa shape index (κ3) is 3.96. The first kappa shape index (κ1) is 14.3. The van der Waals surface area contributed by atoms with Gasteiger partial charge in [-0.25, -0.2) is 9.59 Å². The number of esters is 2. The van der Waals surface area contributed by atoms with Crippen LogP contribution in [-0.2, 0) is 25.7 Å². The first-order valence-corrected chi connectivity index (χ1v) is 6.34. The van der Waals surface area contributed by atoms with E-state index in [0.717, 1.165) is 5.56 Å². The van der Waals surface area contributed by atoms with Gasteiger partial charge in [-0.2, -0.15) is 0 Å². The number of alkyl carbamates (subject to hydrolysis) is 1. The average molecular weight is 298 g/mol. The predicted octanol–water partition coefficient (Wildman–Crippen LogP) is 1.80. The van der Waals surface area contributed by atoms with Crippen molar-refractivity contribution >= 4 is 29.6 Å². The molecule has 1 amide bonds. The van der Waals surface area contributed by atoms with E-state index in [1.54, 1.807) is 24.3 Å². The van der Waals surface area contributed by atoms with Gasteiger partial charge in [-0.15, -0.1) is 0 Å². The second-order valence-corrected chi connectivity index (χ2v) is 4.67. The zero-order chi connectivity index (χ0) is 14.5. The summed E-state index contributed by atoms with van der Waals surface area (Å²) in [5, 5.41) is 2.90. The van der Waals surface area contributed by atoms with Crippen LogP contribution in [0.25, 0.3) is 0 Å². The molecule has 1 aliphatic rings. The molecule has 1 aromatic carbocycles. The van der Waals surface area contributed by atoms with E-state index < -0.39 is 24.1 Å². The van der Waals surface area contributed by atoms with Gasteiger partial charge >= 0.3 is 18.0 Å². The Kier molecular flexibility index (Phi) is 4.57. The largest absolute Gasteiger partial charge is 0.445 e. The van der Waals surface area contributed by atoms with Gasteiger partial charge in [-0.1, -0.05) is 23.7 Å². The summed E-state index contributed by atoms with van der Waals surface area (Å²) in [4.78, 5) is 33.7. The molecule has 1 aromatic rings. The van der Waals surface area contributed by atoms with E-state index in [1.807, 2.05) is 0 Å². The lowest BCUT2D eigenvalue weighted by Gasteiger charge is -2.20. The van der Waals surface area contributed by atoms with Gasteiger partial charge in [0, 0.05) is 11.4 Å². The second kappa shape index (κ2) is 6.38. The molecule has 1 fully saturated rings. The Bertz CT molecular complexity index is 545. The summed E-state index contributed by atoms with van der Waals surface area (Å²) in [6.07, 6.45) is -0.448. The lowest BCUT2D eigenvalue weighted by Crippen LogP contribution is -2.45. The molecule has 1 aliphatic heterocycles. The van der Waals surface area contributed by atoms with Crippen molar-refractivity contribution in [2.75, 3.05) is 0 Å². The first-order valence-electron chi connectivity index (χ1n) is 5.97. The summed E-state index contributed by atoms with van der Waals surface area (Å²) in [6.45, 7) is 0.0348. The molecule has 7 heteroatoms. The number of ether oxygens (including phenoxy) is 2. The summed E-state index contributed by atoms with van der Waals surface area (Å²) in [5.74, 6) is -1.35. The third-order valence-electron chi connectivity index (χ3n) is 2.69. The van der Waals surface area contributed by atoms with Crippen LogP contribution in [0.2, 0.25) is 5.02 Å². The van der Waals surface area contributed by atoms with Crippen LogP contribution in [0.15, 0.2) is 24.3 Å². The fraction of sp³-hybridized carbons (Fsp3) is 0.308. The predicted molar refractivity (Wildman–Crippen MR) is 68.9 cm³/mol. The van der Waals surface area contributed by atoms with Crippen LogP contribution in [0.4, 0.5) is 4.79 Å². The number of halogens is 1. The highest BCUT2D eigenvalue weighted by molar-refractivity contribution is 6.30. The minimum Gasteiger partial charge on any atom is -0.445 e. The quantitative estimate of drug-likeness (QED) is 0.679. The Hall–Kier alpha value is -2.08. The van der Waals surface area contributed by atoms with E-state index in [1.165, 1.54) is 0 Å². The standard InChI is InChI=1S/C13H12ClNO5/c14-9-3-1-2-8(6-9)7-19-13(18)15-10-4-5-11(16)20-12(10)17/h1-3,6,10H,4-5,7H2,(H,15,18)/t10-/m0/s1. The Morgan fingerprint density at radius 2 is 2.25 bits per heavy atom. The van der Waals surface area contributed by atoms with Crippen molar-refractivity contribution in [1.82, 2.24) is 5.32 Å². The Morgan fingerprint density at radius 3 is 2.95 bits per heavy atom. The number of carbonyl (C=O) groups is 3. The molecule has 0 bridgehead atoms. The third-order valence-corrected chi connectivity index (χ3v) is 2.92. The average Bonchev–Trinajstić information content (AvgIpc) is 2.40. The zero-order valence-corrected chi connectivity index (χ0v) is 11.2. The van der Waals surface area contributed by atoms with Crippen molar-refractivity contribution in [3.8, 4) is 0 Å². The Labute approximate surface area is 120 Å². The van der Waals surface area contributed by atoms with E-state index in [4.69, 9.17) is 16.3 Å². The molecule has 0 aromatic heterocycles. The molecule has 0 radical (unpaired) electrons. The van der Waals surface area contributed by atoms with Crippen LogP contribution < -0.4 is 5.32 Å². The number of hydrogen-bond donors (Lipinski definition) is 1. The van der Waals surface area contributed by atoms with E-state index in [2.05, 4.69) is 10.1 Å². The highest BCUT2D eigenvalue weighted by Gasteiger charge is 2.30. The minimum atomic E-state index is -0.848. The molecule has 1 N–H and O–H groups in total. The van der Waals surface area contributed by atoms with Crippen LogP contribution in [-0.4, -0.2) is 24.1 Å². The molecule has 2 rings (SSSR count). The maximum atomic E-state index is 11.5. The monoisotopic (exact) mass is 297 g/mol. The molecule has 0 spiro atoms. The van der Waals surface area contributed by atoms with Crippen molar-refractivity contribution < 1.29 is 23.9 Å². The Morgan fingerprint density at radius 1 is 1.45 bits per heavy atom. The minimum absolute atomic E-state index is 0.0348. The highest BCUT2D eigenvalue weighted by atomic mass is 35.5. The van der Waals surface area contributed by atoms with E-state index in [-0.39, 0.29) is 19.4 Å². The van der Waals surface area contributed by atoms with Gasteiger partial charge in [0.1, 0.15) is 12.6 Å². The first-order chi connectivity index (χ1) is 9.54. The normalized spacial score (nSPS) is 18.4. The maximum Gasteiger partial charge on any atom is 0.408 e. The second-order valence-electron chi connectivity index (χ2n) is 4.23. The van der Waals surface area contributed by atoms with Crippen LogP contribution in [0.3, 0.4) is 0 Å². The van der Waals surface area contributed by atoms with Crippen LogP contribution in [0.1, 0.15) is 18.4 Å². The summed E-state index contributed by atoms with van der Waals surface area (Å²) < 4.78 is 9.37. The summed E-state index contributed by atoms with van der Waals surface area (Å²) in [5.41, 5.74) is 0.731. The zero-order valence-electron chi connectivity index (χ0n) is 10.4. The summed E-state index contributed by atoms with van der Waals surface area (Å²) in [7, 11) is 0. The molecular formula is C13H12ClNO5. The number of amides is 1. The van der Waals surface area contributed by atoms with Gasteiger partial charge in [0.15, 0.2) is 0 Å². The van der Waals surface area contributed by atoms with Crippen LogP contribution in [0.5, 0.6) is 0 Å². The van der Waals surface area contributed by atoms with Gasteiger partial charge in [-0.3, -0.25) is 4.79 Å². The molecule has 106 valence electrons. The lowest BCUT2D eigenvalue weighted by molar-refractivity contribution is -0.165. The Balaban J connectivity index is 1.81. The molecule has 20 heavy (non-hydrogen) atoms. The van der Waals surface area contributed by atoms with Gasteiger partial charge in [0.25, 0.3) is 0 Å². The summed E-state index contributed by atoms with van der Waals surface area (Å²) >= 11 is 5.80. The van der Waals surface area contributed by atoms with Crippen molar-refractivity contribution in [2.24, 2.45) is 0 Å². The topological polar surface area (TPSA) is 81.7 Å². The molecule has 1 heterocycles. The number of carbonyl (C=O) groups excluding carboxylic acids is 3. The molecule has 0 aliphatic carbocycles. The van der Waals surface area contributed by atoms with Gasteiger partial charge < -0.3 is 14.8 Å². The number of benzene rings is 1. The smallest absolute Gasteiger partial charge is 0.408 e.